The van der Waals surface area contributed by atoms with E-state index in [1.54, 1.807) is 23.6 Å². The number of nitrogens with zero attached hydrogens (tertiary/aromatic N) is 2. The Kier molecular flexibility index (Phi) is 6.26. The van der Waals surface area contributed by atoms with Crippen LogP contribution < -0.4 is 5.32 Å². The standard InChI is InChI=1S/C28H29F2N3O/c1-17(2)26-20(27(34)31-16-28(4,5)19-10-7-6-8-11-19)14-15-23-24(18(3)32-33(23)26)25-21(29)12-9-13-22(25)30/h6-15,17H,16H2,1-5H3,(H,31,34). The summed E-state index contributed by atoms with van der Waals surface area (Å²) in [5.41, 5.74) is 3.42. The molecule has 0 saturated heterocycles. The Labute approximate surface area is 198 Å². The van der Waals surface area contributed by atoms with Gasteiger partial charge in [-0.25, -0.2) is 13.3 Å². The van der Waals surface area contributed by atoms with Gasteiger partial charge in [-0.15, -0.1) is 0 Å². The quantitative estimate of drug-likeness (QED) is 0.360. The molecule has 2 aromatic carbocycles. The molecule has 0 fully saturated rings. The first kappa shape index (κ1) is 23.6. The zero-order valence-electron chi connectivity index (χ0n) is 20.1. The molecule has 0 bridgehead atoms. The molecule has 2 aromatic heterocycles. The molecular weight excluding hydrogens is 432 g/mol. The molecule has 0 saturated carbocycles. The zero-order valence-corrected chi connectivity index (χ0v) is 20.1. The second kappa shape index (κ2) is 9.01. The SMILES string of the molecule is Cc1nn2c(C(C)C)c(C(=O)NCC(C)(C)c3ccccc3)ccc2c1-c1c(F)cccc1F. The van der Waals surface area contributed by atoms with E-state index in [1.807, 2.05) is 44.2 Å². The summed E-state index contributed by atoms with van der Waals surface area (Å²) in [6, 6.07) is 17.3. The molecule has 0 spiro atoms. The van der Waals surface area contributed by atoms with Gasteiger partial charge in [-0.3, -0.25) is 4.79 Å². The number of aromatic nitrogens is 2. The minimum atomic E-state index is -0.644. The van der Waals surface area contributed by atoms with E-state index in [9.17, 15) is 13.6 Å². The summed E-state index contributed by atoms with van der Waals surface area (Å²) in [4.78, 5) is 13.3. The molecular formula is C28H29F2N3O. The van der Waals surface area contributed by atoms with Crippen molar-refractivity contribution in [3.05, 3.63) is 94.8 Å². The molecule has 0 aliphatic heterocycles. The van der Waals surface area contributed by atoms with Crippen molar-refractivity contribution in [3.63, 3.8) is 0 Å². The van der Waals surface area contributed by atoms with E-state index in [4.69, 9.17) is 0 Å². The number of halogens is 2. The molecule has 0 aliphatic rings. The summed E-state index contributed by atoms with van der Waals surface area (Å²) in [7, 11) is 0. The average Bonchev–Trinajstić information content (AvgIpc) is 3.13. The van der Waals surface area contributed by atoms with Gasteiger partial charge in [0.2, 0.25) is 0 Å². The van der Waals surface area contributed by atoms with Crippen molar-refractivity contribution < 1.29 is 13.6 Å². The predicted molar refractivity (Wildman–Crippen MR) is 131 cm³/mol. The molecule has 6 heteroatoms. The number of carbonyl (C=O) groups excluding carboxylic acids is 1. The fraction of sp³-hybridized carbons (Fsp3) is 0.286. The van der Waals surface area contributed by atoms with Crippen LogP contribution in [0.4, 0.5) is 8.78 Å². The van der Waals surface area contributed by atoms with E-state index in [0.717, 1.165) is 5.56 Å². The molecule has 1 amide bonds. The van der Waals surface area contributed by atoms with E-state index in [1.165, 1.54) is 18.2 Å². The lowest BCUT2D eigenvalue weighted by Crippen LogP contribution is -2.37. The Bertz CT molecular complexity index is 1340. The van der Waals surface area contributed by atoms with Crippen LogP contribution >= 0.6 is 0 Å². The van der Waals surface area contributed by atoms with Gasteiger partial charge in [0.1, 0.15) is 11.6 Å². The van der Waals surface area contributed by atoms with Gasteiger partial charge in [-0.1, -0.05) is 64.1 Å². The maximum atomic E-state index is 14.6. The van der Waals surface area contributed by atoms with Gasteiger partial charge >= 0.3 is 0 Å². The van der Waals surface area contributed by atoms with Crippen molar-refractivity contribution in [2.75, 3.05) is 6.54 Å². The number of aryl methyl sites for hydroxylation is 1. The van der Waals surface area contributed by atoms with Crippen LogP contribution in [0.2, 0.25) is 0 Å². The second-order valence-corrected chi connectivity index (χ2v) is 9.57. The fourth-order valence-electron chi connectivity index (χ4n) is 4.43. The summed E-state index contributed by atoms with van der Waals surface area (Å²) in [6.07, 6.45) is 0. The normalized spacial score (nSPS) is 11.9. The highest BCUT2D eigenvalue weighted by atomic mass is 19.1. The van der Waals surface area contributed by atoms with Crippen molar-refractivity contribution in [1.82, 2.24) is 14.9 Å². The third-order valence-corrected chi connectivity index (χ3v) is 6.26. The topological polar surface area (TPSA) is 46.4 Å². The maximum absolute atomic E-state index is 14.6. The lowest BCUT2D eigenvalue weighted by Gasteiger charge is -2.26. The Morgan fingerprint density at radius 1 is 0.971 bits per heavy atom. The number of pyridine rings is 1. The number of hydrogen-bond donors (Lipinski definition) is 1. The molecule has 0 aliphatic carbocycles. The highest BCUT2D eigenvalue weighted by Gasteiger charge is 2.26. The van der Waals surface area contributed by atoms with E-state index in [2.05, 4.69) is 24.3 Å². The fourth-order valence-corrected chi connectivity index (χ4v) is 4.43. The van der Waals surface area contributed by atoms with Gasteiger partial charge in [-0.2, -0.15) is 5.10 Å². The molecule has 176 valence electrons. The molecule has 34 heavy (non-hydrogen) atoms. The van der Waals surface area contributed by atoms with Gasteiger partial charge < -0.3 is 5.32 Å². The van der Waals surface area contributed by atoms with Crippen LogP contribution in [0.5, 0.6) is 0 Å². The summed E-state index contributed by atoms with van der Waals surface area (Å²) in [5.74, 6) is -1.55. The number of carbonyl (C=O) groups is 1. The van der Waals surface area contributed by atoms with Gasteiger partial charge in [0, 0.05) is 17.5 Å². The first-order valence-electron chi connectivity index (χ1n) is 11.4. The Balaban J connectivity index is 1.75. The second-order valence-electron chi connectivity index (χ2n) is 9.57. The third-order valence-electron chi connectivity index (χ3n) is 6.26. The smallest absolute Gasteiger partial charge is 0.253 e. The summed E-state index contributed by atoms with van der Waals surface area (Å²) >= 11 is 0. The summed E-state index contributed by atoms with van der Waals surface area (Å²) in [6.45, 7) is 10.3. The Hall–Kier alpha value is -3.54. The highest BCUT2D eigenvalue weighted by molar-refractivity contribution is 5.97. The molecule has 4 rings (SSSR count). The van der Waals surface area contributed by atoms with Crippen molar-refractivity contribution >= 4 is 11.4 Å². The number of rotatable bonds is 6. The third kappa shape index (κ3) is 4.20. The average molecular weight is 462 g/mol. The van der Waals surface area contributed by atoms with Gasteiger partial charge in [0.05, 0.1) is 28.0 Å². The largest absolute Gasteiger partial charge is 0.351 e. The van der Waals surface area contributed by atoms with Crippen LogP contribution in [0.1, 0.15) is 60.9 Å². The maximum Gasteiger partial charge on any atom is 0.253 e. The Morgan fingerprint density at radius 3 is 2.24 bits per heavy atom. The predicted octanol–water partition coefficient (Wildman–Crippen LogP) is 6.42. The molecule has 0 atom stereocenters. The van der Waals surface area contributed by atoms with Crippen molar-refractivity contribution in [1.29, 1.82) is 0 Å². The summed E-state index contributed by atoms with van der Waals surface area (Å²) in [5, 5.41) is 7.66. The zero-order chi connectivity index (χ0) is 24.6. The highest BCUT2D eigenvalue weighted by Crippen LogP contribution is 2.35. The first-order chi connectivity index (χ1) is 16.1. The summed E-state index contributed by atoms with van der Waals surface area (Å²) < 4.78 is 30.8. The van der Waals surface area contributed by atoms with Crippen molar-refractivity contribution in [3.8, 4) is 11.1 Å². The monoisotopic (exact) mass is 461 g/mol. The molecule has 4 nitrogen and oxygen atoms in total. The van der Waals surface area contributed by atoms with E-state index in [-0.39, 0.29) is 22.8 Å². The molecule has 4 aromatic rings. The number of hydrogen-bond acceptors (Lipinski definition) is 2. The lowest BCUT2D eigenvalue weighted by molar-refractivity contribution is 0.0943. The van der Waals surface area contributed by atoms with Crippen LogP contribution in [0.15, 0.2) is 60.7 Å². The van der Waals surface area contributed by atoms with E-state index >= 15 is 0 Å². The minimum absolute atomic E-state index is 0.0517. The van der Waals surface area contributed by atoms with Crippen LogP contribution in [0.25, 0.3) is 16.6 Å². The van der Waals surface area contributed by atoms with E-state index in [0.29, 0.717) is 34.6 Å². The molecule has 0 unspecified atom stereocenters. The lowest BCUT2D eigenvalue weighted by atomic mass is 9.84. The van der Waals surface area contributed by atoms with Crippen LogP contribution in [0, 0.1) is 18.6 Å². The minimum Gasteiger partial charge on any atom is -0.351 e. The molecule has 1 N–H and O–H groups in total. The van der Waals surface area contributed by atoms with Crippen molar-refractivity contribution in [2.24, 2.45) is 0 Å². The van der Waals surface area contributed by atoms with Crippen LogP contribution in [-0.2, 0) is 5.41 Å². The van der Waals surface area contributed by atoms with Crippen LogP contribution in [-0.4, -0.2) is 22.1 Å². The van der Waals surface area contributed by atoms with E-state index < -0.39 is 11.6 Å². The van der Waals surface area contributed by atoms with Gasteiger partial charge in [0.25, 0.3) is 5.91 Å². The number of fused-ring (bicyclic) bond motifs is 1. The first-order valence-corrected chi connectivity index (χ1v) is 11.4. The van der Waals surface area contributed by atoms with Gasteiger partial charge in [-0.05, 0) is 42.7 Å². The number of benzene rings is 2. The Morgan fingerprint density at radius 2 is 1.62 bits per heavy atom. The number of amides is 1. The number of nitrogens with one attached hydrogen (secondary N) is 1. The van der Waals surface area contributed by atoms with Crippen LogP contribution in [0.3, 0.4) is 0 Å². The molecule has 0 radical (unpaired) electrons. The van der Waals surface area contributed by atoms with Crippen molar-refractivity contribution in [2.45, 2.75) is 46.0 Å². The van der Waals surface area contributed by atoms with Gasteiger partial charge in [0.15, 0.2) is 0 Å². The molecule has 2 heterocycles.